The van der Waals surface area contributed by atoms with E-state index in [1.54, 1.807) is 18.3 Å². The molecule has 1 aromatic rings. The van der Waals surface area contributed by atoms with Gasteiger partial charge in [0.1, 0.15) is 0 Å². The fourth-order valence-corrected chi connectivity index (χ4v) is 0.921. The van der Waals surface area contributed by atoms with Gasteiger partial charge in [0, 0.05) is 12.2 Å². The first kappa shape index (κ1) is 8.68. The quantitative estimate of drug-likeness (QED) is 0.686. The highest BCUT2D eigenvalue weighted by atomic mass is 14.7. The Morgan fingerprint density at radius 3 is 2.83 bits per heavy atom. The third kappa shape index (κ3) is 1.80. The molecular formula is C10H12N2. The zero-order valence-corrected chi connectivity index (χ0v) is 6.90. The van der Waals surface area contributed by atoms with Crippen LogP contribution in [0, 0.1) is 0 Å². The van der Waals surface area contributed by atoms with Gasteiger partial charge in [-0.1, -0.05) is 12.7 Å². The molecular weight excluding hydrogens is 148 g/mol. The van der Waals surface area contributed by atoms with Crippen LogP contribution in [-0.4, -0.2) is 4.98 Å². The van der Waals surface area contributed by atoms with Crippen LogP contribution in [0.25, 0.3) is 6.08 Å². The van der Waals surface area contributed by atoms with Crippen molar-refractivity contribution < 1.29 is 0 Å². The minimum Gasteiger partial charge on any atom is -0.321 e. The number of hydrogen-bond donors (Lipinski definition) is 1. The van der Waals surface area contributed by atoms with Crippen molar-refractivity contribution in [2.45, 2.75) is 6.04 Å². The summed E-state index contributed by atoms with van der Waals surface area (Å²) in [6, 6.07) is 3.66. The number of rotatable bonds is 3. The lowest BCUT2D eigenvalue weighted by Crippen LogP contribution is -2.06. The summed E-state index contributed by atoms with van der Waals surface area (Å²) in [5.74, 6) is 0. The van der Waals surface area contributed by atoms with Crippen LogP contribution in [0.4, 0.5) is 0 Å². The summed E-state index contributed by atoms with van der Waals surface area (Å²) in [6.07, 6.45) is 5.11. The molecule has 62 valence electrons. The molecule has 0 spiro atoms. The van der Waals surface area contributed by atoms with Gasteiger partial charge in [-0.3, -0.25) is 4.98 Å². The minimum absolute atomic E-state index is 0.119. The topological polar surface area (TPSA) is 38.9 Å². The lowest BCUT2D eigenvalue weighted by Gasteiger charge is -2.05. The summed E-state index contributed by atoms with van der Waals surface area (Å²) < 4.78 is 0. The fraction of sp³-hybridized carbons (Fsp3) is 0.100. The molecule has 0 amide bonds. The highest BCUT2D eigenvalue weighted by molar-refractivity contribution is 5.43. The molecule has 0 radical (unpaired) electrons. The van der Waals surface area contributed by atoms with Crippen LogP contribution in [0.3, 0.4) is 0 Å². The summed E-state index contributed by atoms with van der Waals surface area (Å²) in [7, 11) is 0. The Bertz CT molecular complexity index is 292. The first-order chi connectivity index (χ1) is 5.77. The summed E-state index contributed by atoms with van der Waals surface area (Å²) in [4.78, 5) is 4.07. The van der Waals surface area contributed by atoms with Gasteiger partial charge in [0.25, 0.3) is 0 Å². The molecule has 2 nitrogen and oxygen atoms in total. The Kier molecular flexibility index (Phi) is 2.77. The molecule has 1 rings (SSSR count). The number of pyridine rings is 1. The molecule has 1 atom stereocenters. The molecule has 12 heavy (non-hydrogen) atoms. The summed E-state index contributed by atoms with van der Waals surface area (Å²) in [5.41, 5.74) is 7.58. The van der Waals surface area contributed by atoms with Crippen molar-refractivity contribution in [1.29, 1.82) is 0 Å². The summed E-state index contributed by atoms with van der Waals surface area (Å²) in [6.45, 7) is 7.25. The first-order valence-electron chi connectivity index (χ1n) is 3.74. The van der Waals surface area contributed by atoms with E-state index in [9.17, 15) is 0 Å². The Balaban J connectivity index is 3.00. The van der Waals surface area contributed by atoms with Crippen molar-refractivity contribution in [2.24, 2.45) is 5.73 Å². The molecule has 1 aromatic heterocycles. The highest BCUT2D eigenvalue weighted by Crippen LogP contribution is 2.11. The number of nitrogens with two attached hydrogens (primary N) is 1. The number of nitrogens with zero attached hydrogens (tertiary/aromatic N) is 1. The molecule has 2 N–H and O–H groups in total. The normalized spacial score (nSPS) is 12.1. The van der Waals surface area contributed by atoms with E-state index in [-0.39, 0.29) is 6.04 Å². The molecule has 1 heterocycles. The van der Waals surface area contributed by atoms with Crippen LogP contribution in [-0.2, 0) is 0 Å². The van der Waals surface area contributed by atoms with E-state index >= 15 is 0 Å². The van der Waals surface area contributed by atoms with Crippen molar-refractivity contribution >= 4 is 6.08 Å². The molecule has 2 heteroatoms. The van der Waals surface area contributed by atoms with Crippen LogP contribution >= 0.6 is 0 Å². The maximum absolute atomic E-state index is 5.74. The zero-order valence-electron chi connectivity index (χ0n) is 6.90. The minimum atomic E-state index is -0.119. The van der Waals surface area contributed by atoms with Gasteiger partial charge in [-0.15, -0.1) is 6.58 Å². The molecule has 0 unspecified atom stereocenters. The Labute approximate surface area is 72.4 Å². The molecule has 0 aliphatic heterocycles. The zero-order chi connectivity index (χ0) is 8.97. The van der Waals surface area contributed by atoms with E-state index in [0.29, 0.717) is 0 Å². The van der Waals surface area contributed by atoms with Crippen LogP contribution in [0.1, 0.15) is 17.3 Å². The molecule has 0 fully saturated rings. The predicted octanol–water partition coefficient (Wildman–Crippen LogP) is 1.91. The fourth-order valence-electron chi connectivity index (χ4n) is 0.921. The number of hydrogen-bond acceptors (Lipinski definition) is 2. The van der Waals surface area contributed by atoms with Gasteiger partial charge in [0.15, 0.2) is 0 Å². The van der Waals surface area contributed by atoms with Crippen molar-refractivity contribution in [1.82, 2.24) is 4.98 Å². The van der Waals surface area contributed by atoms with Crippen LogP contribution in [0.2, 0.25) is 0 Å². The van der Waals surface area contributed by atoms with Crippen molar-refractivity contribution in [3.8, 4) is 0 Å². The van der Waals surface area contributed by atoms with E-state index in [4.69, 9.17) is 5.73 Å². The monoisotopic (exact) mass is 160 g/mol. The average molecular weight is 160 g/mol. The van der Waals surface area contributed by atoms with Crippen molar-refractivity contribution in [2.75, 3.05) is 0 Å². The molecule has 0 aromatic carbocycles. The largest absolute Gasteiger partial charge is 0.321 e. The second-order valence-electron chi connectivity index (χ2n) is 2.48. The second-order valence-corrected chi connectivity index (χ2v) is 2.48. The molecule has 0 aliphatic rings. The van der Waals surface area contributed by atoms with Crippen LogP contribution in [0.5, 0.6) is 0 Å². The van der Waals surface area contributed by atoms with Crippen molar-refractivity contribution in [3.63, 3.8) is 0 Å². The van der Waals surface area contributed by atoms with Crippen molar-refractivity contribution in [3.05, 3.63) is 48.8 Å². The van der Waals surface area contributed by atoms with Gasteiger partial charge in [0.05, 0.1) is 5.69 Å². The first-order valence-corrected chi connectivity index (χ1v) is 3.74. The lowest BCUT2D eigenvalue weighted by atomic mass is 10.1. The third-order valence-electron chi connectivity index (χ3n) is 1.65. The predicted molar refractivity (Wildman–Crippen MR) is 51.5 cm³/mol. The van der Waals surface area contributed by atoms with Gasteiger partial charge in [-0.05, 0) is 23.8 Å². The van der Waals surface area contributed by atoms with Gasteiger partial charge in [0.2, 0.25) is 0 Å². The van der Waals surface area contributed by atoms with Crippen LogP contribution < -0.4 is 5.73 Å². The van der Waals surface area contributed by atoms with Crippen LogP contribution in [0.15, 0.2) is 37.6 Å². The van der Waals surface area contributed by atoms with E-state index in [2.05, 4.69) is 18.1 Å². The Morgan fingerprint density at radius 1 is 1.50 bits per heavy atom. The molecule has 0 saturated heterocycles. The SMILES string of the molecule is C=Cc1cc([C@@H](N)C=C)ccn1. The summed E-state index contributed by atoms with van der Waals surface area (Å²) in [5, 5.41) is 0. The van der Waals surface area contributed by atoms with E-state index in [1.807, 2.05) is 12.1 Å². The van der Waals surface area contributed by atoms with Gasteiger partial charge >= 0.3 is 0 Å². The third-order valence-corrected chi connectivity index (χ3v) is 1.65. The standard InChI is InChI=1S/C10H12N2/c1-3-9-7-8(5-6-12-9)10(11)4-2/h3-7,10H,1-2,11H2/t10-/m0/s1. The average Bonchev–Trinajstić information content (AvgIpc) is 2.17. The maximum Gasteiger partial charge on any atom is 0.0627 e. The molecule has 0 saturated carbocycles. The van der Waals surface area contributed by atoms with E-state index in [1.165, 1.54) is 0 Å². The van der Waals surface area contributed by atoms with Gasteiger partial charge in [-0.25, -0.2) is 0 Å². The van der Waals surface area contributed by atoms with Gasteiger partial charge < -0.3 is 5.73 Å². The Hall–Kier alpha value is -1.41. The molecule has 0 bridgehead atoms. The van der Waals surface area contributed by atoms with Gasteiger partial charge in [-0.2, -0.15) is 0 Å². The second kappa shape index (κ2) is 3.83. The van der Waals surface area contributed by atoms with E-state index in [0.717, 1.165) is 11.3 Å². The van der Waals surface area contributed by atoms with E-state index < -0.39 is 0 Å². The molecule has 0 aliphatic carbocycles. The Morgan fingerprint density at radius 2 is 2.25 bits per heavy atom. The number of aromatic nitrogens is 1. The maximum atomic E-state index is 5.74. The smallest absolute Gasteiger partial charge is 0.0627 e. The highest BCUT2D eigenvalue weighted by Gasteiger charge is 2.00. The lowest BCUT2D eigenvalue weighted by molar-refractivity contribution is 0.908. The summed E-state index contributed by atoms with van der Waals surface area (Å²) >= 11 is 0.